The monoisotopic (exact) mass is 206 g/mol. The number of carbonyl (C=O) groups excluding carboxylic acids is 1. The third-order valence-electron chi connectivity index (χ3n) is 1.40. The fourth-order valence-electron chi connectivity index (χ4n) is 0.806. The lowest BCUT2D eigenvalue weighted by Crippen LogP contribution is -2.23. The second-order valence-electron chi connectivity index (χ2n) is 2.61. The molecule has 0 unspecified atom stereocenters. The van der Waals surface area contributed by atoms with Gasteiger partial charge in [0.1, 0.15) is 0 Å². The molecule has 84 valence electrons. The molecule has 0 atom stereocenters. The number of ether oxygens (including phenoxy) is 2. The van der Waals surface area contributed by atoms with Gasteiger partial charge in [0.15, 0.2) is 0 Å². The van der Waals surface area contributed by atoms with E-state index in [0.717, 1.165) is 19.5 Å². The summed E-state index contributed by atoms with van der Waals surface area (Å²) in [4.78, 5) is 10.1. The average Bonchev–Trinajstić information content (AvgIpc) is 2.15. The SMILES string of the molecule is NC(=O)OCCCNCCOCCO. The van der Waals surface area contributed by atoms with Gasteiger partial charge in [0.05, 0.1) is 26.4 Å². The van der Waals surface area contributed by atoms with Crippen LogP contribution in [0.1, 0.15) is 6.42 Å². The minimum atomic E-state index is -0.740. The van der Waals surface area contributed by atoms with Gasteiger partial charge in [0.25, 0.3) is 0 Å². The predicted octanol–water partition coefficient (Wildman–Crippen LogP) is -0.930. The van der Waals surface area contributed by atoms with Crippen LogP contribution in [-0.4, -0.2) is 50.7 Å². The number of primary amides is 1. The molecule has 0 rings (SSSR count). The molecule has 0 radical (unpaired) electrons. The third-order valence-corrected chi connectivity index (χ3v) is 1.40. The second-order valence-corrected chi connectivity index (χ2v) is 2.61. The van der Waals surface area contributed by atoms with Gasteiger partial charge in [-0.05, 0) is 13.0 Å². The number of hydrogen-bond acceptors (Lipinski definition) is 5. The molecule has 6 nitrogen and oxygen atoms in total. The van der Waals surface area contributed by atoms with Gasteiger partial charge >= 0.3 is 6.09 Å². The van der Waals surface area contributed by atoms with Crippen molar-refractivity contribution in [3.8, 4) is 0 Å². The summed E-state index contributed by atoms with van der Waals surface area (Å²) in [7, 11) is 0. The highest BCUT2D eigenvalue weighted by Gasteiger charge is 1.93. The topological polar surface area (TPSA) is 93.8 Å². The molecule has 0 saturated heterocycles. The van der Waals surface area contributed by atoms with Crippen molar-refractivity contribution >= 4 is 6.09 Å². The van der Waals surface area contributed by atoms with Gasteiger partial charge in [0.2, 0.25) is 0 Å². The maximum Gasteiger partial charge on any atom is 0.404 e. The predicted molar refractivity (Wildman–Crippen MR) is 50.9 cm³/mol. The molecule has 0 saturated carbocycles. The van der Waals surface area contributed by atoms with Crippen LogP contribution in [0.3, 0.4) is 0 Å². The Kier molecular flexibility index (Phi) is 9.61. The van der Waals surface area contributed by atoms with Crippen molar-refractivity contribution in [1.29, 1.82) is 0 Å². The number of aliphatic hydroxyl groups is 1. The first-order valence-electron chi connectivity index (χ1n) is 4.59. The maximum absolute atomic E-state index is 10.1. The van der Waals surface area contributed by atoms with Gasteiger partial charge in [-0.1, -0.05) is 0 Å². The van der Waals surface area contributed by atoms with Crippen LogP contribution >= 0.6 is 0 Å². The average molecular weight is 206 g/mol. The summed E-state index contributed by atoms with van der Waals surface area (Å²) in [6.45, 7) is 2.78. The molecule has 0 fully saturated rings. The molecule has 14 heavy (non-hydrogen) atoms. The zero-order valence-corrected chi connectivity index (χ0v) is 8.20. The summed E-state index contributed by atoms with van der Waals surface area (Å²) < 4.78 is 9.53. The van der Waals surface area contributed by atoms with Crippen LogP contribution in [0.5, 0.6) is 0 Å². The Bertz CT molecular complexity index is 143. The molecule has 0 aliphatic heterocycles. The minimum Gasteiger partial charge on any atom is -0.450 e. The van der Waals surface area contributed by atoms with E-state index < -0.39 is 6.09 Å². The number of nitrogens with one attached hydrogen (secondary N) is 1. The van der Waals surface area contributed by atoms with Crippen LogP contribution in [0.15, 0.2) is 0 Å². The fraction of sp³-hybridized carbons (Fsp3) is 0.875. The highest BCUT2D eigenvalue weighted by Crippen LogP contribution is 1.80. The number of nitrogens with two attached hydrogens (primary N) is 1. The molecular weight excluding hydrogens is 188 g/mol. The Labute approximate surface area is 83.4 Å². The molecule has 0 aliphatic carbocycles. The summed E-state index contributed by atoms with van der Waals surface area (Å²) >= 11 is 0. The highest BCUT2D eigenvalue weighted by atomic mass is 16.5. The van der Waals surface area contributed by atoms with Gasteiger partial charge in [-0.3, -0.25) is 0 Å². The van der Waals surface area contributed by atoms with E-state index in [-0.39, 0.29) is 6.61 Å². The Morgan fingerprint density at radius 1 is 1.29 bits per heavy atom. The van der Waals surface area contributed by atoms with E-state index in [2.05, 4.69) is 10.1 Å². The van der Waals surface area contributed by atoms with Crippen LogP contribution < -0.4 is 11.1 Å². The lowest BCUT2D eigenvalue weighted by molar-refractivity contribution is 0.0936. The van der Waals surface area contributed by atoms with Gasteiger partial charge in [-0.2, -0.15) is 0 Å². The van der Waals surface area contributed by atoms with Gasteiger partial charge in [-0.15, -0.1) is 0 Å². The largest absolute Gasteiger partial charge is 0.450 e. The zero-order valence-electron chi connectivity index (χ0n) is 8.20. The molecular formula is C8H18N2O4. The quantitative estimate of drug-likeness (QED) is 0.424. The van der Waals surface area contributed by atoms with E-state index in [9.17, 15) is 4.79 Å². The van der Waals surface area contributed by atoms with Crippen molar-refractivity contribution < 1.29 is 19.4 Å². The van der Waals surface area contributed by atoms with Gasteiger partial charge in [0, 0.05) is 6.54 Å². The van der Waals surface area contributed by atoms with E-state index in [4.69, 9.17) is 15.6 Å². The van der Waals surface area contributed by atoms with Crippen LogP contribution in [0.25, 0.3) is 0 Å². The van der Waals surface area contributed by atoms with Crippen molar-refractivity contribution in [3.05, 3.63) is 0 Å². The van der Waals surface area contributed by atoms with Crippen molar-refractivity contribution in [2.24, 2.45) is 5.73 Å². The summed E-state index contributed by atoms with van der Waals surface area (Å²) in [6, 6.07) is 0. The number of hydrogen-bond donors (Lipinski definition) is 3. The third kappa shape index (κ3) is 11.2. The fourth-order valence-corrected chi connectivity index (χ4v) is 0.806. The molecule has 4 N–H and O–H groups in total. The van der Waals surface area contributed by atoms with Gasteiger partial charge < -0.3 is 25.6 Å². The maximum atomic E-state index is 10.1. The van der Waals surface area contributed by atoms with Crippen molar-refractivity contribution in [3.63, 3.8) is 0 Å². The molecule has 0 aromatic carbocycles. The molecule has 0 aromatic rings. The van der Waals surface area contributed by atoms with Gasteiger partial charge in [-0.25, -0.2) is 4.79 Å². The first-order valence-corrected chi connectivity index (χ1v) is 4.59. The summed E-state index contributed by atoms with van der Waals surface area (Å²) in [5.74, 6) is 0. The highest BCUT2D eigenvalue weighted by molar-refractivity contribution is 5.64. The van der Waals surface area contributed by atoms with Crippen LogP contribution in [0.2, 0.25) is 0 Å². The first kappa shape index (κ1) is 13.2. The van der Waals surface area contributed by atoms with Crippen molar-refractivity contribution in [1.82, 2.24) is 5.32 Å². The van der Waals surface area contributed by atoms with Crippen LogP contribution in [-0.2, 0) is 9.47 Å². The summed E-state index contributed by atoms with van der Waals surface area (Å²) in [5, 5.41) is 11.5. The minimum absolute atomic E-state index is 0.0481. The van der Waals surface area contributed by atoms with Crippen LogP contribution in [0.4, 0.5) is 4.79 Å². The number of carbonyl (C=O) groups is 1. The lowest BCUT2D eigenvalue weighted by atomic mass is 10.4. The van der Waals surface area contributed by atoms with E-state index in [1.807, 2.05) is 0 Å². The first-order chi connectivity index (χ1) is 6.77. The van der Waals surface area contributed by atoms with E-state index in [0.29, 0.717) is 19.8 Å². The zero-order chi connectivity index (χ0) is 10.6. The Morgan fingerprint density at radius 2 is 2.07 bits per heavy atom. The standard InChI is InChI=1S/C8H18N2O4/c9-8(12)14-5-1-2-10-3-6-13-7-4-11/h10-11H,1-7H2,(H2,9,12). The normalized spacial score (nSPS) is 10.1. The lowest BCUT2D eigenvalue weighted by Gasteiger charge is -2.05. The molecule has 0 spiro atoms. The molecule has 0 bridgehead atoms. The Morgan fingerprint density at radius 3 is 2.71 bits per heavy atom. The molecule has 0 aliphatic rings. The summed E-state index contributed by atoms with van der Waals surface area (Å²) in [6.07, 6.45) is -0.0144. The van der Waals surface area contributed by atoms with Crippen molar-refractivity contribution in [2.75, 3.05) is 39.5 Å². The van der Waals surface area contributed by atoms with E-state index in [1.54, 1.807) is 0 Å². The molecule has 0 heterocycles. The van der Waals surface area contributed by atoms with E-state index in [1.165, 1.54) is 0 Å². The molecule has 6 heteroatoms. The van der Waals surface area contributed by atoms with Crippen LogP contribution in [0, 0.1) is 0 Å². The number of amides is 1. The Hall–Kier alpha value is -0.850. The van der Waals surface area contributed by atoms with Crippen molar-refractivity contribution in [2.45, 2.75) is 6.42 Å². The molecule has 1 amide bonds. The smallest absolute Gasteiger partial charge is 0.404 e. The Balaban J connectivity index is 2.88. The number of rotatable bonds is 9. The second kappa shape index (κ2) is 10.2. The number of aliphatic hydroxyl groups excluding tert-OH is 1. The van der Waals surface area contributed by atoms with E-state index >= 15 is 0 Å². The molecule has 0 aromatic heterocycles. The summed E-state index contributed by atoms with van der Waals surface area (Å²) in [5.41, 5.74) is 4.76.